The highest BCUT2D eigenvalue weighted by Gasteiger charge is 2.31. The van der Waals surface area contributed by atoms with Crippen molar-refractivity contribution in [3.05, 3.63) is 30.3 Å². The van der Waals surface area contributed by atoms with Gasteiger partial charge in [-0.1, -0.05) is 18.2 Å². The van der Waals surface area contributed by atoms with Gasteiger partial charge in [-0.3, -0.25) is 9.53 Å². The number of hydrogen-bond donors (Lipinski definition) is 1. The fourth-order valence-corrected chi connectivity index (χ4v) is 2.83. The molecule has 2 unspecified atom stereocenters. The van der Waals surface area contributed by atoms with E-state index in [0.717, 1.165) is 4.90 Å². The molecule has 1 aromatic carbocycles. The van der Waals surface area contributed by atoms with Crippen LogP contribution in [0.5, 0.6) is 0 Å². The predicted molar refractivity (Wildman–Crippen MR) is 64.7 cm³/mol. The van der Waals surface area contributed by atoms with Gasteiger partial charge in [-0.25, -0.2) is 0 Å². The van der Waals surface area contributed by atoms with Crippen molar-refractivity contribution in [1.29, 1.82) is 0 Å². The molecule has 0 amide bonds. The van der Waals surface area contributed by atoms with Crippen LogP contribution in [0, 0.1) is 0 Å². The molecule has 0 aromatic heterocycles. The van der Waals surface area contributed by atoms with Crippen LogP contribution in [-0.2, 0) is 15.5 Å². The summed E-state index contributed by atoms with van der Waals surface area (Å²) in [5, 5.41) is 3.32. The second-order valence-electron chi connectivity index (χ2n) is 4.65. The van der Waals surface area contributed by atoms with Crippen LogP contribution in [-0.4, -0.2) is 28.3 Å². The molecule has 16 heavy (non-hydrogen) atoms. The number of ether oxygens (including phenoxy) is 1. The van der Waals surface area contributed by atoms with E-state index >= 15 is 0 Å². The van der Waals surface area contributed by atoms with Gasteiger partial charge in [0.15, 0.2) is 0 Å². The van der Waals surface area contributed by atoms with Crippen molar-refractivity contribution in [3.63, 3.8) is 0 Å². The monoisotopic (exact) mass is 239 g/mol. The van der Waals surface area contributed by atoms with E-state index in [-0.39, 0.29) is 11.8 Å². The molecule has 0 spiro atoms. The average Bonchev–Trinajstić information content (AvgIpc) is 2.59. The Morgan fingerprint density at radius 3 is 2.69 bits per heavy atom. The quantitative estimate of drug-likeness (QED) is 0.869. The third-order valence-electron chi connectivity index (χ3n) is 2.51. The summed E-state index contributed by atoms with van der Waals surface area (Å²) in [5.41, 5.74) is -0.00838. The molecule has 0 bridgehead atoms. The molecule has 1 aliphatic heterocycles. The summed E-state index contributed by atoms with van der Waals surface area (Å²) in [4.78, 5) is 0.859. The van der Waals surface area contributed by atoms with Crippen LogP contribution >= 0.6 is 0 Å². The minimum Gasteiger partial charge on any atom is -0.360 e. The van der Waals surface area contributed by atoms with Crippen LogP contribution in [0.1, 0.15) is 13.8 Å². The van der Waals surface area contributed by atoms with Gasteiger partial charge in [0.05, 0.1) is 23.2 Å². The molecule has 2 atom stereocenters. The van der Waals surface area contributed by atoms with Crippen molar-refractivity contribution in [2.45, 2.75) is 30.5 Å². The van der Waals surface area contributed by atoms with Gasteiger partial charge in [0.2, 0.25) is 0 Å². The zero-order valence-corrected chi connectivity index (χ0v) is 10.4. The summed E-state index contributed by atoms with van der Waals surface area (Å²) in [5.74, 6) is 0.507. The molecular weight excluding hydrogens is 222 g/mol. The standard InChI is InChI=1S/C12H17NO2S/c1-12(2)9-15-11(13-12)8-16(14)10-6-4-3-5-7-10/h3-7,11,13H,8-9H2,1-2H3. The Morgan fingerprint density at radius 2 is 2.12 bits per heavy atom. The maximum atomic E-state index is 12.0. The van der Waals surface area contributed by atoms with Gasteiger partial charge in [-0.15, -0.1) is 0 Å². The Bertz CT molecular complexity index is 378. The lowest BCUT2D eigenvalue weighted by molar-refractivity contribution is 0.115. The van der Waals surface area contributed by atoms with E-state index in [1.807, 2.05) is 30.3 Å². The van der Waals surface area contributed by atoms with Gasteiger partial charge in [0.1, 0.15) is 6.23 Å². The van der Waals surface area contributed by atoms with Gasteiger partial charge >= 0.3 is 0 Å². The normalized spacial score (nSPS) is 25.5. The minimum absolute atomic E-state index is 0.00838. The van der Waals surface area contributed by atoms with E-state index in [2.05, 4.69) is 19.2 Å². The Balaban J connectivity index is 1.94. The molecule has 0 radical (unpaired) electrons. The van der Waals surface area contributed by atoms with E-state index in [9.17, 15) is 4.21 Å². The zero-order valence-electron chi connectivity index (χ0n) is 9.60. The van der Waals surface area contributed by atoms with Crippen molar-refractivity contribution in [2.24, 2.45) is 0 Å². The molecule has 1 heterocycles. The van der Waals surface area contributed by atoms with Crippen LogP contribution in [0.4, 0.5) is 0 Å². The summed E-state index contributed by atoms with van der Waals surface area (Å²) in [6.45, 7) is 4.83. The minimum atomic E-state index is -0.994. The fourth-order valence-electron chi connectivity index (χ4n) is 1.72. The molecule has 1 aliphatic rings. The first-order valence-corrected chi connectivity index (χ1v) is 6.71. The molecule has 3 nitrogen and oxygen atoms in total. The SMILES string of the molecule is CC1(C)COC(CS(=O)c2ccccc2)N1. The third kappa shape index (κ3) is 2.90. The van der Waals surface area contributed by atoms with Crippen molar-refractivity contribution < 1.29 is 8.95 Å². The Hall–Kier alpha value is -0.710. The highest BCUT2D eigenvalue weighted by molar-refractivity contribution is 7.85. The fraction of sp³-hybridized carbons (Fsp3) is 0.500. The molecule has 1 N–H and O–H groups in total. The zero-order chi connectivity index (χ0) is 11.6. The molecule has 1 fully saturated rings. The molecule has 2 rings (SSSR count). The smallest absolute Gasteiger partial charge is 0.120 e. The van der Waals surface area contributed by atoms with Gasteiger partial charge in [0.25, 0.3) is 0 Å². The van der Waals surface area contributed by atoms with Gasteiger partial charge in [0, 0.05) is 10.4 Å². The van der Waals surface area contributed by atoms with Gasteiger partial charge in [-0.2, -0.15) is 0 Å². The maximum absolute atomic E-state index is 12.0. The van der Waals surface area contributed by atoms with Crippen LogP contribution < -0.4 is 5.32 Å². The van der Waals surface area contributed by atoms with Crippen LogP contribution in [0.3, 0.4) is 0 Å². The van der Waals surface area contributed by atoms with Crippen molar-refractivity contribution >= 4 is 10.8 Å². The van der Waals surface area contributed by atoms with Gasteiger partial charge < -0.3 is 4.74 Å². The lowest BCUT2D eigenvalue weighted by Gasteiger charge is -2.16. The Labute approximate surface area is 98.7 Å². The summed E-state index contributed by atoms with van der Waals surface area (Å²) in [7, 11) is -0.994. The molecule has 1 aromatic rings. The van der Waals surface area contributed by atoms with Gasteiger partial charge in [-0.05, 0) is 26.0 Å². The van der Waals surface area contributed by atoms with Crippen molar-refractivity contribution in [2.75, 3.05) is 12.4 Å². The van der Waals surface area contributed by atoms with E-state index in [1.54, 1.807) is 0 Å². The molecule has 0 aliphatic carbocycles. The lowest BCUT2D eigenvalue weighted by Crippen LogP contribution is -2.41. The lowest BCUT2D eigenvalue weighted by atomic mass is 10.1. The first-order chi connectivity index (χ1) is 7.57. The highest BCUT2D eigenvalue weighted by Crippen LogP contribution is 2.16. The summed E-state index contributed by atoms with van der Waals surface area (Å²) < 4.78 is 17.6. The topological polar surface area (TPSA) is 38.3 Å². The first kappa shape index (κ1) is 11.8. The number of rotatable bonds is 3. The Morgan fingerprint density at radius 1 is 1.44 bits per heavy atom. The highest BCUT2D eigenvalue weighted by atomic mass is 32.2. The van der Waals surface area contributed by atoms with Crippen molar-refractivity contribution in [1.82, 2.24) is 5.32 Å². The maximum Gasteiger partial charge on any atom is 0.120 e. The second-order valence-corrected chi connectivity index (χ2v) is 6.15. The van der Waals surface area contributed by atoms with Crippen LogP contribution in [0.15, 0.2) is 35.2 Å². The molecule has 4 heteroatoms. The van der Waals surface area contributed by atoms with Crippen LogP contribution in [0.2, 0.25) is 0 Å². The number of hydrogen-bond acceptors (Lipinski definition) is 3. The summed E-state index contributed by atoms with van der Waals surface area (Å²) in [6.07, 6.45) is -0.101. The molecule has 0 saturated carbocycles. The number of nitrogens with one attached hydrogen (secondary N) is 1. The predicted octanol–water partition coefficient (Wildman–Crippen LogP) is 1.52. The second kappa shape index (κ2) is 4.65. The summed E-state index contributed by atoms with van der Waals surface area (Å²) >= 11 is 0. The summed E-state index contributed by atoms with van der Waals surface area (Å²) in [6, 6.07) is 9.50. The average molecular weight is 239 g/mol. The first-order valence-electron chi connectivity index (χ1n) is 5.40. The van der Waals surface area contributed by atoms with Crippen LogP contribution in [0.25, 0.3) is 0 Å². The molecule has 1 saturated heterocycles. The van der Waals surface area contributed by atoms with E-state index in [0.29, 0.717) is 12.4 Å². The van der Waals surface area contributed by atoms with E-state index in [1.165, 1.54) is 0 Å². The molecule has 88 valence electrons. The largest absolute Gasteiger partial charge is 0.360 e. The molecular formula is C12H17NO2S. The third-order valence-corrected chi connectivity index (χ3v) is 3.91. The number of benzene rings is 1. The van der Waals surface area contributed by atoms with E-state index in [4.69, 9.17) is 4.74 Å². The van der Waals surface area contributed by atoms with Crippen molar-refractivity contribution in [3.8, 4) is 0 Å². The Kier molecular flexibility index (Phi) is 3.42. The van der Waals surface area contributed by atoms with E-state index < -0.39 is 10.8 Å².